The van der Waals surface area contributed by atoms with Crippen LogP contribution >= 0.6 is 0 Å². The fourth-order valence-electron chi connectivity index (χ4n) is 3.78. The lowest BCUT2D eigenvalue weighted by Gasteiger charge is -2.30. The van der Waals surface area contributed by atoms with Gasteiger partial charge < -0.3 is 14.8 Å². The third-order valence-corrected chi connectivity index (χ3v) is 5.75. The highest BCUT2D eigenvalue weighted by Gasteiger charge is 2.18. The van der Waals surface area contributed by atoms with Gasteiger partial charge in [0.15, 0.2) is 0 Å². The first-order valence-corrected chi connectivity index (χ1v) is 10.3. The van der Waals surface area contributed by atoms with Gasteiger partial charge in [-0.1, -0.05) is 19.1 Å². The van der Waals surface area contributed by atoms with Gasteiger partial charge in [0.25, 0.3) is 5.91 Å². The number of nitrogens with one attached hydrogen (secondary N) is 1. The Balaban J connectivity index is 1.62. The minimum Gasteiger partial charge on any atom is -0.497 e. The van der Waals surface area contributed by atoms with E-state index in [9.17, 15) is 4.79 Å². The molecule has 156 valence electrons. The topological polar surface area (TPSA) is 50.8 Å². The number of rotatable bonds is 7. The minimum atomic E-state index is -0.206. The van der Waals surface area contributed by atoms with Gasteiger partial charge in [-0.3, -0.25) is 9.69 Å². The van der Waals surface area contributed by atoms with Gasteiger partial charge in [-0.2, -0.15) is 0 Å². The summed E-state index contributed by atoms with van der Waals surface area (Å²) >= 11 is 0. The molecular formula is C24H32N2O3. The molecule has 0 aromatic heterocycles. The molecule has 2 aromatic rings. The highest BCUT2D eigenvalue weighted by molar-refractivity contribution is 5.94. The average Bonchev–Trinajstić information content (AvgIpc) is 2.75. The SMILES string of the molecule is COc1ccc(OC)c([C@H](C)NC(=O)c2ccc(CN3CCC(C)CC3)cc2)c1. The Bertz CT molecular complexity index is 811. The lowest BCUT2D eigenvalue weighted by molar-refractivity contribution is 0.0939. The third-order valence-electron chi connectivity index (χ3n) is 5.75. The van der Waals surface area contributed by atoms with Gasteiger partial charge in [0, 0.05) is 17.7 Å². The monoisotopic (exact) mass is 396 g/mol. The van der Waals surface area contributed by atoms with Crippen LogP contribution < -0.4 is 14.8 Å². The molecule has 5 nitrogen and oxygen atoms in total. The molecule has 1 N–H and O–H groups in total. The summed E-state index contributed by atoms with van der Waals surface area (Å²) in [7, 11) is 3.25. The average molecular weight is 397 g/mol. The Labute approximate surface area is 174 Å². The summed E-state index contributed by atoms with van der Waals surface area (Å²) in [5.74, 6) is 2.20. The first kappa shape index (κ1) is 21.2. The van der Waals surface area contributed by atoms with Crippen LogP contribution in [-0.2, 0) is 6.54 Å². The zero-order valence-corrected chi connectivity index (χ0v) is 17.9. The first-order valence-electron chi connectivity index (χ1n) is 10.3. The van der Waals surface area contributed by atoms with E-state index >= 15 is 0 Å². The van der Waals surface area contributed by atoms with Gasteiger partial charge in [0.2, 0.25) is 0 Å². The molecule has 0 saturated carbocycles. The van der Waals surface area contributed by atoms with Crippen molar-refractivity contribution in [3.8, 4) is 11.5 Å². The molecule has 1 atom stereocenters. The van der Waals surface area contributed by atoms with E-state index in [-0.39, 0.29) is 11.9 Å². The zero-order chi connectivity index (χ0) is 20.8. The van der Waals surface area contributed by atoms with E-state index in [1.165, 1.54) is 18.4 Å². The van der Waals surface area contributed by atoms with Crippen molar-refractivity contribution < 1.29 is 14.3 Å². The number of hydrogen-bond acceptors (Lipinski definition) is 4. The molecule has 0 radical (unpaired) electrons. The molecule has 5 heteroatoms. The standard InChI is InChI=1S/C24H32N2O3/c1-17-11-13-26(14-12-17)16-19-5-7-20(8-6-19)24(27)25-18(2)22-15-21(28-3)9-10-23(22)29-4/h5-10,15,17-18H,11-14,16H2,1-4H3,(H,25,27)/t18-/m0/s1. The van der Waals surface area contributed by atoms with E-state index in [2.05, 4.69) is 29.3 Å². The van der Waals surface area contributed by atoms with Crippen LogP contribution in [0.1, 0.15) is 54.2 Å². The summed E-state index contributed by atoms with van der Waals surface area (Å²) in [5.41, 5.74) is 2.80. The van der Waals surface area contributed by atoms with E-state index < -0.39 is 0 Å². The maximum atomic E-state index is 12.7. The Hall–Kier alpha value is -2.53. The second-order valence-electron chi connectivity index (χ2n) is 7.96. The van der Waals surface area contributed by atoms with Crippen LogP contribution in [0.15, 0.2) is 42.5 Å². The highest BCUT2D eigenvalue weighted by atomic mass is 16.5. The predicted molar refractivity (Wildman–Crippen MR) is 116 cm³/mol. The molecule has 1 saturated heterocycles. The molecule has 0 aliphatic carbocycles. The normalized spacial score (nSPS) is 16.3. The summed E-state index contributed by atoms with van der Waals surface area (Å²) in [6, 6.07) is 13.3. The lowest BCUT2D eigenvalue weighted by Crippen LogP contribution is -2.32. The number of likely N-dealkylation sites (tertiary alicyclic amines) is 1. The molecule has 0 spiro atoms. The molecular weight excluding hydrogens is 364 g/mol. The summed E-state index contributed by atoms with van der Waals surface area (Å²) in [6.45, 7) is 7.53. The Morgan fingerprint density at radius 2 is 1.79 bits per heavy atom. The van der Waals surface area contributed by atoms with E-state index in [1.807, 2.05) is 37.3 Å². The van der Waals surface area contributed by atoms with Gasteiger partial charge in [0.05, 0.1) is 20.3 Å². The highest BCUT2D eigenvalue weighted by Crippen LogP contribution is 2.29. The number of benzene rings is 2. The third kappa shape index (κ3) is 5.51. The maximum Gasteiger partial charge on any atom is 0.251 e. The predicted octanol–water partition coefficient (Wildman–Crippen LogP) is 4.43. The summed E-state index contributed by atoms with van der Waals surface area (Å²) in [4.78, 5) is 15.2. The van der Waals surface area contributed by atoms with Gasteiger partial charge >= 0.3 is 0 Å². The second-order valence-corrected chi connectivity index (χ2v) is 7.96. The molecule has 29 heavy (non-hydrogen) atoms. The molecule has 0 bridgehead atoms. The van der Waals surface area contributed by atoms with Crippen LogP contribution in [0.4, 0.5) is 0 Å². The van der Waals surface area contributed by atoms with Crippen molar-refractivity contribution in [2.75, 3.05) is 27.3 Å². The van der Waals surface area contributed by atoms with Crippen LogP contribution in [0.25, 0.3) is 0 Å². The number of methoxy groups -OCH3 is 2. The number of carbonyl (C=O) groups excluding carboxylic acids is 1. The minimum absolute atomic E-state index is 0.0966. The van der Waals surface area contributed by atoms with Crippen molar-refractivity contribution in [2.45, 2.75) is 39.3 Å². The number of hydrogen-bond donors (Lipinski definition) is 1. The van der Waals surface area contributed by atoms with Crippen LogP contribution in [-0.4, -0.2) is 38.1 Å². The molecule has 1 amide bonds. The lowest BCUT2D eigenvalue weighted by atomic mass is 9.99. The Morgan fingerprint density at radius 3 is 2.41 bits per heavy atom. The van der Waals surface area contributed by atoms with Crippen molar-refractivity contribution in [1.82, 2.24) is 10.2 Å². The fourth-order valence-corrected chi connectivity index (χ4v) is 3.78. The van der Waals surface area contributed by atoms with Crippen LogP contribution in [0, 0.1) is 5.92 Å². The van der Waals surface area contributed by atoms with Gasteiger partial charge in [-0.05, 0) is 74.7 Å². The number of amides is 1. The smallest absolute Gasteiger partial charge is 0.251 e. The number of ether oxygens (including phenoxy) is 2. The number of carbonyl (C=O) groups is 1. The maximum absolute atomic E-state index is 12.7. The van der Waals surface area contributed by atoms with Gasteiger partial charge in [-0.25, -0.2) is 0 Å². The number of piperidine rings is 1. The molecule has 1 aliphatic heterocycles. The van der Waals surface area contributed by atoms with Crippen molar-refractivity contribution in [3.63, 3.8) is 0 Å². The molecule has 2 aromatic carbocycles. The molecule has 1 heterocycles. The molecule has 1 aliphatic rings. The van der Waals surface area contributed by atoms with Crippen molar-refractivity contribution >= 4 is 5.91 Å². The number of nitrogens with zero attached hydrogens (tertiary/aromatic N) is 1. The summed E-state index contributed by atoms with van der Waals surface area (Å²) in [6.07, 6.45) is 2.54. The van der Waals surface area contributed by atoms with Crippen LogP contribution in [0.5, 0.6) is 11.5 Å². The Morgan fingerprint density at radius 1 is 1.10 bits per heavy atom. The quantitative estimate of drug-likeness (QED) is 0.752. The zero-order valence-electron chi connectivity index (χ0n) is 17.9. The van der Waals surface area contributed by atoms with E-state index in [4.69, 9.17) is 9.47 Å². The van der Waals surface area contributed by atoms with E-state index in [0.29, 0.717) is 5.56 Å². The second kappa shape index (κ2) is 9.79. The molecule has 0 unspecified atom stereocenters. The van der Waals surface area contributed by atoms with Crippen LogP contribution in [0.2, 0.25) is 0 Å². The largest absolute Gasteiger partial charge is 0.497 e. The molecule has 1 fully saturated rings. The summed E-state index contributed by atoms with van der Waals surface area (Å²) < 4.78 is 10.7. The molecule has 3 rings (SSSR count). The van der Waals surface area contributed by atoms with E-state index in [1.54, 1.807) is 14.2 Å². The van der Waals surface area contributed by atoms with Crippen molar-refractivity contribution in [3.05, 3.63) is 59.2 Å². The van der Waals surface area contributed by atoms with E-state index in [0.717, 1.165) is 42.6 Å². The first-order chi connectivity index (χ1) is 14.0. The van der Waals surface area contributed by atoms with Gasteiger partial charge in [-0.15, -0.1) is 0 Å². The van der Waals surface area contributed by atoms with Crippen LogP contribution in [0.3, 0.4) is 0 Å². The fraction of sp³-hybridized carbons (Fsp3) is 0.458. The van der Waals surface area contributed by atoms with Crippen molar-refractivity contribution in [1.29, 1.82) is 0 Å². The van der Waals surface area contributed by atoms with Gasteiger partial charge in [0.1, 0.15) is 11.5 Å². The summed E-state index contributed by atoms with van der Waals surface area (Å²) in [5, 5.41) is 3.06. The van der Waals surface area contributed by atoms with Crippen molar-refractivity contribution in [2.24, 2.45) is 5.92 Å². The Kier molecular flexibility index (Phi) is 7.15.